The van der Waals surface area contributed by atoms with Gasteiger partial charge < -0.3 is 9.84 Å². The summed E-state index contributed by atoms with van der Waals surface area (Å²) in [6, 6.07) is 6.99. The van der Waals surface area contributed by atoms with Gasteiger partial charge in [-0.25, -0.2) is 9.79 Å². The van der Waals surface area contributed by atoms with Gasteiger partial charge in [0.1, 0.15) is 10.8 Å². The third kappa shape index (κ3) is 2.76. The van der Waals surface area contributed by atoms with E-state index in [4.69, 9.17) is 4.74 Å². The van der Waals surface area contributed by atoms with E-state index in [-0.39, 0.29) is 11.7 Å². The lowest BCUT2D eigenvalue weighted by molar-refractivity contribution is 0.0527. The molecule has 0 spiro atoms. The molecule has 0 radical (unpaired) electrons. The van der Waals surface area contributed by atoms with Crippen LogP contribution in [0.4, 0.5) is 5.00 Å². The van der Waals surface area contributed by atoms with E-state index in [1.165, 1.54) is 4.88 Å². The van der Waals surface area contributed by atoms with E-state index in [1.807, 2.05) is 6.07 Å². The van der Waals surface area contributed by atoms with Crippen LogP contribution in [0.15, 0.2) is 29.3 Å². The van der Waals surface area contributed by atoms with Crippen molar-refractivity contribution in [2.24, 2.45) is 4.99 Å². The van der Waals surface area contributed by atoms with E-state index in [2.05, 4.69) is 4.99 Å². The predicted molar refractivity (Wildman–Crippen MR) is 87.7 cm³/mol. The monoisotopic (exact) mass is 315 g/mol. The number of benzene rings is 1. The number of para-hydroxylation sites is 1. The number of nitrogens with zero attached hydrogens (tertiary/aromatic N) is 1. The molecule has 3 rings (SSSR count). The highest BCUT2D eigenvalue weighted by Gasteiger charge is 2.27. The van der Waals surface area contributed by atoms with Gasteiger partial charge >= 0.3 is 5.97 Å². The minimum Gasteiger partial charge on any atom is -0.507 e. The molecular weight excluding hydrogens is 298 g/mol. The average molecular weight is 315 g/mol. The lowest BCUT2D eigenvalue weighted by atomic mass is 10.1. The number of phenols is 1. The van der Waals surface area contributed by atoms with Crippen LogP contribution in [0.3, 0.4) is 0 Å². The fraction of sp³-hybridized carbons (Fsp3) is 0.294. The van der Waals surface area contributed by atoms with Crippen LogP contribution < -0.4 is 0 Å². The molecule has 0 fully saturated rings. The van der Waals surface area contributed by atoms with Gasteiger partial charge in [-0.05, 0) is 43.9 Å². The Bertz CT molecular complexity index is 734. The number of esters is 1. The number of hydrogen-bond acceptors (Lipinski definition) is 5. The Morgan fingerprint density at radius 2 is 2.23 bits per heavy atom. The molecule has 1 heterocycles. The van der Waals surface area contributed by atoms with Crippen molar-refractivity contribution >= 4 is 28.5 Å². The largest absolute Gasteiger partial charge is 0.507 e. The number of aromatic hydroxyl groups is 1. The Morgan fingerprint density at radius 1 is 1.41 bits per heavy atom. The second-order valence-corrected chi connectivity index (χ2v) is 6.16. The summed E-state index contributed by atoms with van der Waals surface area (Å²) in [5, 5.41) is 10.5. The summed E-state index contributed by atoms with van der Waals surface area (Å²) in [5.41, 5.74) is 2.32. The summed E-state index contributed by atoms with van der Waals surface area (Å²) in [4.78, 5) is 17.9. The summed E-state index contributed by atoms with van der Waals surface area (Å²) < 4.78 is 5.17. The number of rotatable bonds is 4. The third-order valence-electron chi connectivity index (χ3n) is 3.64. The van der Waals surface area contributed by atoms with Crippen molar-refractivity contribution in [2.75, 3.05) is 6.61 Å². The van der Waals surface area contributed by atoms with Gasteiger partial charge in [0, 0.05) is 16.7 Å². The second kappa shape index (κ2) is 6.32. The van der Waals surface area contributed by atoms with Gasteiger partial charge in [0.15, 0.2) is 0 Å². The summed E-state index contributed by atoms with van der Waals surface area (Å²) in [6.07, 6.45) is 4.58. The number of phenolic OH excluding ortho intramolecular Hbond substituents is 1. The molecule has 2 aromatic rings. The van der Waals surface area contributed by atoms with Gasteiger partial charge in [-0.3, -0.25) is 0 Å². The molecular formula is C17H17NO3S. The van der Waals surface area contributed by atoms with Gasteiger partial charge in [0.2, 0.25) is 0 Å². The van der Waals surface area contributed by atoms with Crippen molar-refractivity contribution in [3.8, 4) is 5.75 Å². The van der Waals surface area contributed by atoms with Crippen LogP contribution in [0.5, 0.6) is 5.75 Å². The van der Waals surface area contributed by atoms with Gasteiger partial charge in [0.05, 0.1) is 12.2 Å². The Balaban J connectivity index is 1.97. The lowest BCUT2D eigenvalue weighted by Crippen LogP contribution is -2.06. The predicted octanol–water partition coefficient (Wildman–Crippen LogP) is 3.87. The van der Waals surface area contributed by atoms with Crippen molar-refractivity contribution in [3.63, 3.8) is 0 Å². The molecule has 0 aliphatic heterocycles. The number of carbonyl (C=O) groups excluding carboxylic acids is 1. The fourth-order valence-electron chi connectivity index (χ4n) is 2.62. The van der Waals surface area contributed by atoms with Crippen molar-refractivity contribution in [1.29, 1.82) is 0 Å². The molecule has 1 N–H and O–H groups in total. The van der Waals surface area contributed by atoms with Gasteiger partial charge in [-0.2, -0.15) is 0 Å². The van der Waals surface area contributed by atoms with Crippen LogP contribution in [0, 0.1) is 0 Å². The zero-order chi connectivity index (χ0) is 15.5. The summed E-state index contributed by atoms with van der Waals surface area (Å²) >= 11 is 1.55. The minimum absolute atomic E-state index is 0.174. The van der Waals surface area contributed by atoms with Crippen LogP contribution >= 0.6 is 11.3 Å². The Morgan fingerprint density at radius 3 is 3.00 bits per heavy atom. The number of hydrogen-bond donors (Lipinski definition) is 1. The molecule has 22 heavy (non-hydrogen) atoms. The molecule has 1 aliphatic carbocycles. The topological polar surface area (TPSA) is 58.9 Å². The van der Waals surface area contributed by atoms with Crippen LogP contribution in [-0.2, 0) is 17.6 Å². The Labute approximate surface area is 133 Å². The Hall–Kier alpha value is -2.14. The quantitative estimate of drug-likeness (QED) is 0.688. The van der Waals surface area contributed by atoms with E-state index in [9.17, 15) is 9.90 Å². The maximum absolute atomic E-state index is 12.2. The number of thiophene rings is 1. The molecule has 114 valence electrons. The van der Waals surface area contributed by atoms with E-state index < -0.39 is 0 Å². The van der Waals surface area contributed by atoms with Crippen LogP contribution in [-0.4, -0.2) is 23.9 Å². The molecule has 0 unspecified atom stereocenters. The van der Waals surface area contributed by atoms with Crippen molar-refractivity contribution in [1.82, 2.24) is 0 Å². The smallest absolute Gasteiger partial charge is 0.341 e. The van der Waals surface area contributed by atoms with E-state index in [0.717, 1.165) is 24.8 Å². The molecule has 1 aromatic carbocycles. The highest BCUT2D eigenvalue weighted by molar-refractivity contribution is 7.16. The first kappa shape index (κ1) is 14.8. The first-order chi connectivity index (χ1) is 10.7. The van der Waals surface area contributed by atoms with Gasteiger partial charge in [-0.15, -0.1) is 11.3 Å². The molecule has 1 aromatic heterocycles. The molecule has 0 amide bonds. The van der Waals surface area contributed by atoms with E-state index in [1.54, 1.807) is 42.7 Å². The molecule has 5 heteroatoms. The SMILES string of the molecule is CCOC(=O)c1c(/N=C/c2ccccc2O)sc2c1CCC2. The number of aryl methyl sites for hydroxylation is 1. The molecule has 0 saturated heterocycles. The standard InChI is InChI=1S/C17H17NO3S/c1-2-21-17(20)15-12-7-5-9-14(12)22-16(15)18-10-11-6-3-4-8-13(11)19/h3-4,6,8,10,19H,2,5,7,9H2,1H3/b18-10+. The minimum atomic E-state index is -0.300. The number of ether oxygens (including phenoxy) is 1. The number of aliphatic imine (C=N–C) groups is 1. The zero-order valence-corrected chi connectivity index (χ0v) is 13.2. The summed E-state index contributed by atoms with van der Waals surface area (Å²) in [6.45, 7) is 2.15. The second-order valence-electron chi connectivity index (χ2n) is 5.07. The van der Waals surface area contributed by atoms with Crippen molar-refractivity contribution < 1.29 is 14.6 Å². The van der Waals surface area contributed by atoms with Crippen LogP contribution in [0.25, 0.3) is 0 Å². The lowest BCUT2D eigenvalue weighted by Gasteiger charge is -2.03. The number of carbonyl (C=O) groups is 1. The first-order valence-electron chi connectivity index (χ1n) is 7.34. The van der Waals surface area contributed by atoms with Crippen LogP contribution in [0.1, 0.15) is 39.7 Å². The molecule has 4 nitrogen and oxygen atoms in total. The molecule has 0 saturated carbocycles. The molecule has 1 aliphatic rings. The summed E-state index contributed by atoms with van der Waals surface area (Å²) in [5.74, 6) is -0.126. The fourth-order valence-corrected chi connectivity index (χ4v) is 3.84. The maximum atomic E-state index is 12.2. The van der Waals surface area contributed by atoms with Gasteiger partial charge in [-0.1, -0.05) is 12.1 Å². The van der Waals surface area contributed by atoms with Gasteiger partial charge in [0.25, 0.3) is 0 Å². The Kier molecular flexibility index (Phi) is 4.24. The van der Waals surface area contributed by atoms with Crippen LogP contribution in [0.2, 0.25) is 0 Å². The maximum Gasteiger partial charge on any atom is 0.341 e. The highest BCUT2D eigenvalue weighted by atomic mass is 32.1. The first-order valence-corrected chi connectivity index (χ1v) is 8.16. The molecule has 0 atom stereocenters. The third-order valence-corrected chi connectivity index (χ3v) is 4.84. The van der Waals surface area contributed by atoms with E-state index >= 15 is 0 Å². The number of fused-ring (bicyclic) bond motifs is 1. The zero-order valence-electron chi connectivity index (χ0n) is 12.3. The average Bonchev–Trinajstić information content (AvgIpc) is 3.06. The van der Waals surface area contributed by atoms with E-state index in [0.29, 0.717) is 22.7 Å². The highest BCUT2D eigenvalue weighted by Crippen LogP contribution is 2.41. The normalized spacial score (nSPS) is 13.5. The van der Waals surface area contributed by atoms with Crippen molar-refractivity contribution in [3.05, 3.63) is 45.8 Å². The molecule has 0 bridgehead atoms. The van der Waals surface area contributed by atoms with Crippen molar-refractivity contribution in [2.45, 2.75) is 26.2 Å². The summed E-state index contributed by atoms with van der Waals surface area (Å²) in [7, 11) is 0.